The van der Waals surface area contributed by atoms with E-state index < -0.39 is 21.2 Å². The zero-order valence-electron chi connectivity index (χ0n) is 8.76. The minimum atomic E-state index is -3.64. The van der Waals surface area contributed by atoms with Crippen LogP contribution in [0.1, 0.15) is 19.8 Å². The number of rotatable bonds is 4. The molecule has 0 spiro atoms. The molecule has 1 fully saturated rings. The number of esters is 1. The molecule has 0 aliphatic heterocycles. The standard InChI is InChI=1S/C8H16N2O4S/c1-5(8(11)14-2)15(12,13)10-7-3-6(9)4-7/h5-7,10H,3-4,9H2,1-2H3. The van der Waals surface area contributed by atoms with Crippen LogP contribution in [0.4, 0.5) is 0 Å². The normalized spacial score (nSPS) is 27.9. The van der Waals surface area contributed by atoms with Crippen molar-refractivity contribution in [2.45, 2.75) is 37.1 Å². The van der Waals surface area contributed by atoms with Crippen LogP contribution in [0.15, 0.2) is 0 Å². The van der Waals surface area contributed by atoms with E-state index in [1.807, 2.05) is 0 Å². The Hall–Kier alpha value is -0.660. The van der Waals surface area contributed by atoms with Crippen molar-refractivity contribution < 1.29 is 17.9 Å². The third-order valence-corrected chi connectivity index (χ3v) is 4.29. The largest absolute Gasteiger partial charge is 0.468 e. The first-order valence-electron chi connectivity index (χ1n) is 4.71. The molecule has 1 saturated carbocycles. The molecular weight excluding hydrogens is 220 g/mol. The lowest BCUT2D eigenvalue weighted by Crippen LogP contribution is -2.52. The first-order valence-corrected chi connectivity index (χ1v) is 6.26. The Kier molecular flexibility index (Phi) is 3.69. The van der Waals surface area contributed by atoms with Crippen LogP contribution in [0.25, 0.3) is 0 Å². The number of nitrogens with one attached hydrogen (secondary N) is 1. The fraction of sp³-hybridized carbons (Fsp3) is 0.875. The highest BCUT2D eigenvalue weighted by molar-refractivity contribution is 7.90. The Bertz CT molecular complexity index is 335. The second-order valence-electron chi connectivity index (χ2n) is 3.76. The summed E-state index contributed by atoms with van der Waals surface area (Å²) in [7, 11) is -2.47. The first-order chi connectivity index (χ1) is 6.86. The van der Waals surface area contributed by atoms with Gasteiger partial charge in [-0.15, -0.1) is 0 Å². The van der Waals surface area contributed by atoms with Gasteiger partial charge in [0.05, 0.1) is 7.11 Å². The van der Waals surface area contributed by atoms with Gasteiger partial charge in [-0.25, -0.2) is 13.1 Å². The Labute approximate surface area is 89.2 Å². The van der Waals surface area contributed by atoms with Gasteiger partial charge in [-0.1, -0.05) is 0 Å². The summed E-state index contributed by atoms with van der Waals surface area (Å²) < 4.78 is 30.0. The van der Waals surface area contributed by atoms with Gasteiger partial charge in [0.15, 0.2) is 5.25 Å². The second kappa shape index (κ2) is 4.46. The van der Waals surface area contributed by atoms with Gasteiger partial charge >= 0.3 is 5.97 Å². The summed E-state index contributed by atoms with van der Waals surface area (Å²) in [4.78, 5) is 11.0. The van der Waals surface area contributed by atoms with Crippen molar-refractivity contribution in [3.05, 3.63) is 0 Å². The number of hydrogen-bond acceptors (Lipinski definition) is 5. The summed E-state index contributed by atoms with van der Waals surface area (Å²) in [6, 6.07) is -0.0803. The zero-order valence-corrected chi connectivity index (χ0v) is 9.58. The number of carbonyl (C=O) groups excluding carboxylic acids is 1. The second-order valence-corrected chi connectivity index (χ2v) is 5.79. The predicted octanol–water partition coefficient (Wildman–Crippen LogP) is -1.04. The van der Waals surface area contributed by atoms with E-state index in [1.54, 1.807) is 0 Å². The average Bonchev–Trinajstić information content (AvgIpc) is 2.12. The van der Waals surface area contributed by atoms with Crippen LogP contribution in [0.3, 0.4) is 0 Å². The van der Waals surface area contributed by atoms with Crippen LogP contribution < -0.4 is 10.5 Å². The van der Waals surface area contributed by atoms with E-state index >= 15 is 0 Å². The molecular formula is C8H16N2O4S. The quantitative estimate of drug-likeness (QED) is 0.607. The molecule has 1 unspecified atom stereocenters. The van der Waals surface area contributed by atoms with Crippen molar-refractivity contribution in [3.8, 4) is 0 Å². The monoisotopic (exact) mass is 236 g/mol. The average molecular weight is 236 g/mol. The minimum Gasteiger partial charge on any atom is -0.468 e. The molecule has 6 nitrogen and oxygen atoms in total. The molecule has 0 aromatic heterocycles. The third kappa shape index (κ3) is 2.90. The lowest BCUT2D eigenvalue weighted by Gasteiger charge is -2.33. The van der Waals surface area contributed by atoms with E-state index in [9.17, 15) is 13.2 Å². The van der Waals surface area contributed by atoms with E-state index in [1.165, 1.54) is 6.92 Å². The molecule has 15 heavy (non-hydrogen) atoms. The topological polar surface area (TPSA) is 98.5 Å². The summed E-state index contributed by atoms with van der Waals surface area (Å²) in [6.45, 7) is 1.30. The fourth-order valence-corrected chi connectivity index (χ4v) is 2.60. The van der Waals surface area contributed by atoms with Crippen LogP contribution in [-0.2, 0) is 19.6 Å². The molecule has 3 N–H and O–H groups in total. The van der Waals surface area contributed by atoms with Crippen LogP contribution in [0.2, 0.25) is 0 Å². The summed E-state index contributed by atoms with van der Waals surface area (Å²) in [5.41, 5.74) is 5.52. The smallest absolute Gasteiger partial charge is 0.325 e. The molecule has 0 radical (unpaired) electrons. The minimum absolute atomic E-state index is 0.0612. The molecule has 88 valence electrons. The molecule has 1 aliphatic carbocycles. The molecule has 7 heteroatoms. The van der Waals surface area contributed by atoms with Crippen molar-refractivity contribution in [1.82, 2.24) is 4.72 Å². The van der Waals surface area contributed by atoms with Crippen LogP contribution >= 0.6 is 0 Å². The van der Waals surface area contributed by atoms with Gasteiger partial charge in [0.2, 0.25) is 10.0 Å². The number of carbonyl (C=O) groups is 1. The molecule has 1 rings (SSSR count). The fourth-order valence-electron chi connectivity index (χ4n) is 1.39. The van der Waals surface area contributed by atoms with Crippen LogP contribution in [0.5, 0.6) is 0 Å². The number of sulfonamides is 1. The van der Waals surface area contributed by atoms with Gasteiger partial charge in [-0.3, -0.25) is 4.79 Å². The Morgan fingerprint density at radius 3 is 2.47 bits per heavy atom. The number of nitrogens with two attached hydrogens (primary N) is 1. The number of methoxy groups -OCH3 is 1. The molecule has 1 aliphatic rings. The molecule has 0 bridgehead atoms. The molecule has 0 amide bonds. The van der Waals surface area contributed by atoms with Crippen molar-refractivity contribution in [2.75, 3.05) is 7.11 Å². The lowest BCUT2D eigenvalue weighted by molar-refractivity contribution is -0.139. The van der Waals surface area contributed by atoms with Crippen molar-refractivity contribution in [3.63, 3.8) is 0 Å². The van der Waals surface area contributed by atoms with Crippen molar-refractivity contribution in [2.24, 2.45) is 5.73 Å². The Morgan fingerprint density at radius 2 is 2.07 bits per heavy atom. The van der Waals surface area contributed by atoms with Gasteiger partial charge in [0.1, 0.15) is 0 Å². The molecule has 1 atom stereocenters. The van der Waals surface area contributed by atoms with Crippen LogP contribution in [-0.4, -0.2) is 38.8 Å². The molecule has 0 aromatic rings. The third-order valence-electron chi connectivity index (χ3n) is 2.50. The van der Waals surface area contributed by atoms with Crippen molar-refractivity contribution in [1.29, 1.82) is 0 Å². The van der Waals surface area contributed by atoms with Gasteiger partial charge in [-0.05, 0) is 19.8 Å². The zero-order chi connectivity index (χ0) is 11.6. The van der Waals surface area contributed by atoms with E-state index in [0.717, 1.165) is 7.11 Å². The van der Waals surface area contributed by atoms with E-state index in [2.05, 4.69) is 9.46 Å². The highest BCUT2D eigenvalue weighted by Gasteiger charge is 2.35. The lowest BCUT2D eigenvalue weighted by atomic mass is 9.89. The maximum Gasteiger partial charge on any atom is 0.325 e. The highest BCUT2D eigenvalue weighted by Crippen LogP contribution is 2.19. The SMILES string of the molecule is COC(=O)C(C)S(=O)(=O)NC1CC(N)C1. The van der Waals surface area contributed by atoms with Gasteiger partial charge in [-0.2, -0.15) is 0 Å². The molecule has 0 saturated heterocycles. The number of ether oxygens (including phenoxy) is 1. The predicted molar refractivity (Wildman–Crippen MR) is 54.5 cm³/mol. The maximum atomic E-state index is 11.6. The summed E-state index contributed by atoms with van der Waals surface area (Å²) in [5.74, 6) is -0.758. The van der Waals surface area contributed by atoms with Gasteiger partial charge in [0, 0.05) is 12.1 Å². The Morgan fingerprint density at radius 1 is 1.53 bits per heavy atom. The highest BCUT2D eigenvalue weighted by atomic mass is 32.2. The van der Waals surface area contributed by atoms with Crippen LogP contribution in [0, 0.1) is 0 Å². The van der Waals surface area contributed by atoms with Crippen molar-refractivity contribution >= 4 is 16.0 Å². The Balaban J connectivity index is 2.55. The summed E-state index contributed by atoms with van der Waals surface area (Å²) in [6.07, 6.45) is 1.24. The van der Waals surface area contributed by atoms with Gasteiger partial charge < -0.3 is 10.5 Å². The first kappa shape index (κ1) is 12.4. The molecule has 0 aromatic carbocycles. The number of hydrogen-bond donors (Lipinski definition) is 2. The van der Waals surface area contributed by atoms with E-state index in [-0.39, 0.29) is 12.1 Å². The maximum absolute atomic E-state index is 11.6. The summed E-state index contributed by atoms with van der Waals surface area (Å²) in [5, 5.41) is -1.18. The van der Waals surface area contributed by atoms with E-state index in [4.69, 9.17) is 5.73 Å². The van der Waals surface area contributed by atoms with Gasteiger partial charge in [0.25, 0.3) is 0 Å². The van der Waals surface area contributed by atoms with E-state index in [0.29, 0.717) is 12.8 Å². The summed E-state index contributed by atoms with van der Waals surface area (Å²) >= 11 is 0. The molecule has 0 heterocycles.